The number of piperidine rings is 1. The van der Waals surface area contributed by atoms with Gasteiger partial charge in [-0.2, -0.15) is 5.10 Å². The van der Waals surface area contributed by atoms with E-state index in [1.807, 2.05) is 30.3 Å². The first kappa shape index (κ1) is 14.3. The van der Waals surface area contributed by atoms with Crippen molar-refractivity contribution in [1.29, 1.82) is 0 Å². The van der Waals surface area contributed by atoms with Crippen LogP contribution in [0.4, 0.5) is 0 Å². The lowest BCUT2D eigenvalue weighted by molar-refractivity contribution is -0.145. The zero-order valence-electron chi connectivity index (χ0n) is 12.2. The van der Waals surface area contributed by atoms with Crippen molar-refractivity contribution in [2.75, 3.05) is 13.1 Å². The van der Waals surface area contributed by atoms with Crippen LogP contribution in [0.15, 0.2) is 36.5 Å². The second kappa shape index (κ2) is 6.01. The standard InChI is InChI=1S/C16H18N4O2/c17-15(21)16(22)20-8-4-7-12(10-20)14-13(9-18-19-14)11-5-2-1-3-6-11/h1-3,5-6,9,12H,4,7-8,10H2,(H2,17,21)(H,18,19)/t12-/m0/s1. The maximum absolute atomic E-state index is 11.8. The van der Waals surface area contributed by atoms with Crippen molar-refractivity contribution in [1.82, 2.24) is 15.1 Å². The number of nitrogens with two attached hydrogens (primary N) is 1. The second-order valence-corrected chi connectivity index (χ2v) is 5.52. The molecule has 0 aliphatic carbocycles. The lowest BCUT2D eigenvalue weighted by Crippen LogP contribution is -2.45. The van der Waals surface area contributed by atoms with Crippen molar-refractivity contribution in [2.24, 2.45) is 5.73 Å². The van der Waals surface area contributed by atoms with Gasteiger partial charge in [-0.25, -0.2) is 0 Å². The summed E-state index contributed by atoms with van der Waals surface area (Å²) in [4.78, 5) is 24.4. The molecule has 1 aromatic heterocycles. The molecule has 22 heavy (non-hydrogen) atoms. The Morgan fingerprint density at radius 3 is 2.77 bits per heavy atom. The first-order chi connectivity index (χ1) is 10.7. The van der Waals surface area contributed by atoms with E-state index in [-0.39, 0.29) is 5.92 Å². The number of aromatic nitrogens is 2. The Morgan fingerprint density at radius 1 is 1.27 bits per heavy atom. The Kier molecular flexibility index (Phi) is 3.91. The number of amides is 2. The summed E-state index contributed by atoms with van der Waals surface area (Å²) in [5.41, 5.74) is 8.24. The summed E-state index contributed by atoms with van der Waals surface area (Å²) in [5, 5.41) is 7.22. The highest BCUT2D eigenvalue weighted by atomic mass is 16.2. The van der Waals surface area contributed by atoms with Gasteiger partial charge in [0, 0.05) is 30.3 Å². The number of benzene rings is 1. The maximum atomic E-state index is 11.8. The van der Waals surface area contributed by atoms with Gasteiger partial charge in [0.1, 0.15) is 0 Å². The van der Waals surface area contributed by atoms with Crippen LogP contribution in [0, 0.1) is 0 Å². The average molecular weight is 298 g/mol. The number of primary amides is 1. The highest BCUT2D eigenvalue weighted by Crippen LogP contribution is 2.32. The van der Waals surface area contributed by atoms with Gasteiger partial charge in [0.25, 0.3) is 0 Å². The summed E-state index contributed by atoms with van der Waals surface area (Å²) < 4.78 is 0. The van der Waals surface area contributed by atoms with Crippen molar-refractivity contribution in [2.45, 2.75) is 18.8 Å². The molecule has 2 heterocycles. The number of nitrogens with one attached hydrogen (secondary N) is 1. The van der Waals surface area contributed by atoms with E-state index in [0.717, 1.165) is 29.7 Å². The molecule has 0 bridgehead atoms. The summed E-state index contributed by atoms with van der Waals surface area (Å²) in [6.07, 6.45) is 3.60. The van der Waals surface area contributed by atoms with Crippen LogP contribution in [0.3, 0.4) is 0 Å². The molecule has 6 nitrogen and oxygen atoms in total. The normalized spacial score (nSPS) is 18.2. The number of carbonyl (C=O) groups excluding carboxylic acids is 2. The number of likely N-dealkylation sites (tertiary alicyclic amines) is 1. The zero-order valence-corrected chi connectivity index (χ0v) is 12.2. The smallest absolute Gasteiger partial charge is 0.311 e. The molecule has 0 radical (unpaired) electrons. The third-order valence-corrected chi connectivity index (χ3v) is 4.08. The predicted octanol–water partition coefficient (Wildman–Crippen LogP) is 1.27. The van der Waals surface area contributed by atoms with E-state index in [9.17, 15) is 9.59 Å². The van der Waals surface area contributed by atoms with Gasteiger partial charge in [0.05, 0.1) is 6.20 Å². The van der Waals surface area contributed by atoms with Gasteiger partial charge in [0.15, 0.2) is 0 Å². The number of hydrogen-bond donors (Lipinski definition) is 2. The summed E-state index contributed by atoms with van der Waals surface area (Å²) in [7, 11) is 0. The molecule has 0 saturated carbocycles. The van der Waals surface area contributed by atoms with E-state index < -0.39 is 11.8 Å². The summed E-state index contributed by atoms with van der Waals surface area (Å²) in [6.45, 7) is 1.07. The van der Waals surface area contributed by atoms with E-state index in [4.69, 9.17) is 5.73 Å². The molecule has 2 aromatic rings. The van der Waals surface area contributed by atoms with Crippen LogP contribution in [0.25, 0.3) is 11.1 Å². The van der Waals surface area contributed by atoms with Crippen molar-refractivity contribution in [3.8, 4) is 11.1 Å². The van der Waals surface area contributed by atoms with Gasteiger partial charge in [-0.15, -0.1) is 0 Å². The van der Waals surface area contributed by atoms with Crippen LogP contribution in [0.2, 0.25) is 0 Å². The molecule has 6 heteroatoms. The summed E-state index contributed by atoms with van der Waals surface area (Å²) in [6, 6.07) is 10.00. The van der Waals surface area contributed by atoms with Gasteiger partial charge in [-0.3, -0.25) is 14.7 Å². The van der Waals surface area contributed by atoms with E-state index >= 15 is 0 Å². The second-order valence-electron chi connectivity index (χ2n) is 5.52. The zero-order chi connectivity index (χ0) is 15.5. The lowest BCUT2D eigenvalue weighted by atomic mass is 9.90. The molecule has 1 aromatic carbocycles. The van der Waals surface area contributed by atoms with E-state index in [0.29, 0.717) is 13.1 Å². The number of hydrogen-bond acceptors (Lipinski definition) is 3. The molecule has 1 fully saturated rings. The predicted molar refractivity (Wildman–Crippen MR) is 81.8 cm³/mol. The summed E-state index contributed by atoms with van der Waals surface area (Å²) >= 11 is 0. The fourth-order valence-electron chi connectivity index (χ4n) is 3.01. The Balaban J connectivity index is 1.85. The molecule has 1 saturated heterocycles. The van der Waals surface area contributed by atoms with Crippen LogP contribution in [-0.2, 0) is 9.59 Å². The maximum Gasteiger partial charge on any atom is 0.311 e. The van der Waals surface area contributed by atoms with Crippen molar-refractivity contribution >= 4 is 11.8 Å². The first-order valence-corrected chi connectivity index (χ1v) is 7.34. The Labute approximate surface area is 128 Å². The van der Waals surface area contributed by atoms with E-state index in [2.05, 4.69) is 10.2 Å². The molecular formula is C16H18N4O2. The molecule has 3 rings (SSSR count). The Morgan fingerprint density at radius 2 is 2.05 bits per heavy atom. The largest absolute Gasteiger partial charge is 0.361 e. The van der Waals surface area contributed by atoms with Crippen LogP contribution in [0.1, 0.15) is 24.5 Å². The van der Waals surface area contributed by atoms with Gasteiger partial charge < -0.3 is 10.6 Å². The van der Waals surface area contributed by atoms with Crippen LogP contribution >= 0.6 is 0 Å². The van der Waals surface area contributed by atoms with E-state index in [1.54, 1.807) is 6.20 Å². The fraction of sp³-hybridized carbons (Fsp3) is 0.312. The molecule has 3 N–H and O–H groups in total. The minimum absolute atomic E-state index is 0.134. The van der Waals surface area contributed by atoms with Gasteiger partial charge in [-0.05, 0) is 18.4 Å². The lowest BCUT2D eigenvalue weighted by Gasteiger charge is -2.31. The Bertz CT molecular complexity index is 680. The van der Waals surface area contributed by atoms with Crippen molar-refractivity contribution < 1.29 is 9.59 Å². The number of rotatable bonds is 2. The molecule has 1 atom stereocenters. The quantitative estimate of drug-likeness (QED) is 0.818. The Hall–Kier alpha value is -2.63. The molecule has 0 unspecified atom stereocenters. The average Bonchev–Trinajstić information content (AvgIpc) is 3.04. The van der Waals surface area contributed by atoms with Gasteiger partial charge >= 0.3 is 11.8 Å². The van der Waals surface area contributed by atoms with Gasteiger partial charge in [-0.1, -0.05) is 30.3 Å². The minimum Gasteiger partial charge on any atom is -0.361 e. The van der Waals surface area contributed by atoms with Crippen molar-refractivity contribution in [3.63, 3.8) is 0 Å². The van der Waals surface area contributed by atoms with E-state index in [1.165, 1.54) is 4.90 Å². The van der Waals surface area contributed by atoms with Crippen LogP contribution in [-0.4, -0.2) is 40.0 Å². The number of nitrogens with zero attached hydrogens (tertiary/aromatic N) is 2. The topological polar surface area (TPSA) is 92.1 Å². The van der Waals surface area contributed by atoms with Crippen molar-refractivity contribution in [3.05, 3.63) is 42.2 Å². The van der Waals surface area contributed by atoms with Crippen LogP contribution in [0.5, 0.6) is 0 Å². The number of aromatic amines is 1. The first-order valence-electron chi connectivity index (χ1n) is 7.34. The third kappa shape index (κ3) is 2.72. The fourth-order valence-corrected chi connectivity index (χ4v) is 3.01. The van der Waals surface area contributed by atoms with Gasteiger partial charge in [0.2, 0.25) is 0 Å². The highest BCUT2D eigenvalue weighted by molar-refractivity contribution is 6.34. The molecule has 2 amide bonds. The minimum atomic E-state index is -0.895. The SMILES string of the molecule is NC(=O)C(=O)N1CCC[C@H](c2[nH]ncc2-c2ccccc2)C1. The third-order valence-electron chi connectivity index (χ3n) is 4.08. The molecule has 0 spiro atoms. The monoisotopic (exact) mass is 298 g/mol. The number of H-pyrrole nitrogens is 1. The highest BCUT2D eigenvalue weighted by Gasteiger charge is 2.29. The number of carbonyl (C=O) groups is 2. The van der Waals surface area contributed by atoms with Crippen LogP contribution < -0.4 is 5.73 Å². The molecular weight excluding hydrogens is 280 g/mol. The molecule has 1 aliphatic heterocycles. The molecule has 114 valence electrons. The molecule has 1 aliphatic rings. The summed E-state index contributed by atoms with van der Waals surface area (Å²) in [5.74, 6) is -1.37.